The average molecular weight is 361 g/mol. The first-order valence-electron chi connectivity index (χ1n) is 9.66. The third kappa shape index (κ3) is 5.18. The van der Waals surface area contributed by atoms with Gasteiger partial charge in [-0.25, -0.2) is 0 Å². The van der Waals surface area contributed by atoms with Crippen molar-refractivity contribution >= 4 is 0 Å². The van der Waals surface area contributed by atoms with Crippen LogP contribution in [0.4, 0.5) is 0 Å². The molecule has 3 heteroatoms. The quantitative estimate of drug-likeness (QED) is 0.537. The van der Waals surface area contributed by atoms with Crippen LogP contribution in [0.2, 0.25) is 0 Å². The second-order valence-electron chi connectivity index (χ2n) is 6.76. The summed E-state index contributed by atoms with van der Waals surface area (Å²) in [5.41, 5.74) is 3.33. The Bertz CT molecular complexity index is 872. The van der Waals surface area contributed by atoms with Crippen LogP contribution in [0.25, 0.3) is 0 Å². The van der Waals surface area contributed by atoms with E-state index in [2.05, 4.69) is 37.3 Å². The summed E-state index contributed by atoms with van der Waals surface area (Å²) < 4.78 is 7.96. The number of rotatable bonds is 9. The number of aryl methyl sites for hydroxylation is 1. The Morgan fingerprint density at radius 2 is 1.59 bits per heavy atom. The minimum absolute atomic E-state index is 0.0285. The van der Waals surface area contributed by atoms with Crippen LogP contribution in [-0.2, 0) is 17.8 Å². The van der Waals surface area contributed by atoms with Gasteiger partial charge in [-0.1, -0.05) is 80.1 Å². The van der Waals surface area contributed by atoms with Crippen LogP contribution in [0.15, 0.2) is 83.7 Å². The van der Waals surface area contributed by atoms with E-state index >= 15 is 0 Å². The van der Waals surface area contributed by atoms with E-state index in [0.717, 1.165) is 36.1 Å². The van der Waals surface area contributed by atoms with E-state index in [9.17, 15) is 4.79 Å². The molecule has 0 spiro atoms. The summed E-state index contributed by atoms with van der Waals surface area (Å²) in [5.74, 6) is 0. The second kappa shape index (κ2) is 9.89. The zero-order valence-corrected chi connectivity index (χ0v) is 15.9. The maximum atomic E-state index is 12.8. The zero-order chi connectivity index (χ0) is 18.9. The van der Waals surface area contributed by atoms with Crippen molar-refractivity contribution in [3.8, 4) is 0 Å². The highest BCUT2D eigenvalue weighted by Crippen LogP contribution is 2.20. The van der Waals surface area contributed by atoms with Crippen molar-refractivity contribution in [3.63, 3.8) is 0 Å². The van der Waals surface area contributed by atoms with Gasteiger partial charge in [0.15, 0.2) is 0 Å². The lowest BCUT2D eigenvalue weighted by Gasteiger charge is -2.24. The van der Waals surface area contributed by atoms with E-state index in [1.165, 1.54) is 0 Å². The van der Waals surface area contributed by atoms with Gasteiger partial charge in [-0.05, 0) is 30.0 Å². The van der Waals surface area contributed by atoms with Crippen molar-refractivity contribution in [1.82, 2.24) is 4.57 Å². The van der Waals surface area contributed by atoms with Gasteiger partial charge >= 0.3 is 0 Å². The van der Waals surface area contributed by atoms with Gasteiger partial charge in [-0.15, -0.1) is 0 Å². The molecule has 0 aliphatic carbocycles. The number of aromatic nitrogens is 1. The fraction of sp³-hybridized carbons (Fsp3) is 0.292. The maximum Gasteiger partial charge on any atom is 0.251 e. The average Bonchev–Trinajstić information content (AvgIpc) is 2.72. The number of hydrogen-bond donors (Lipinski definition) is 0. The highest BCUT2D eigenvalue weighted by molar-refractivity contribution is 5.22. The Morgan fingerprint density at radius 1 is 0.889 bits per heavy atom. The monoisotopic (exact) mass is 361 g/mol. The molecular weight excluding hydrogens is 334 g/mol. The number of benzene rings is 2. The largest absolute Gasteiger partial charge is 0.374 e. The topological polar surface area (TPSA) is 31.2 Å². The first kappa shape index (κ1) is 19.1. The summed E-state index contributed by atoms with van der Waals surface area (Å²) in [7, 11) is 0. The molecule has 0 N–H and O–H groups in total. The summed E-state index contributed by atoms with van der Waals surface area (Å²) in [6.07, 6.45) is 3.06. The number of ether oxygens (including phenoxy) is 1. The molecule has 0 saturated carbocycles. The molecule has 2 aromatic carbocycles. The number of unbranched alkanes of at least 4 members (excludes halogenated alkanes) is 1. The Morgan fingerprint density at radius 3 is 2.30 bits per heavy atom. The van der Waals surface area contributed by atoms with Gasteiger partial charge in [0, 0.05) is 11.8 Å². The third-order valence-electron chi connectivity index (χ3n) is 4.74. The lowest BCUT2D eigenvalue weighted by Crippen LogP contribution is -2.30. The van der Waals surface area contributed by atoms with Gasteiger partial charge in [0.1, 0.15) is 0 Å². The SMILES string of the molecule is CCCCc1cccc(=O)n1C(COCc1ccccc1)c1ccccc1. The lowest BCUT2D eigenvalue weighted by molar-refractivity contribution is 0.0983. The molecule has 3 aromatic rings. The van der Waals surface area contributed by atoms with Crippen molar-refractivity contribution in [1.29, 1.82) is 0 Å². The Kier molecular flexibility index (Phi) is 7.00. The van der Waals surface area contributed by atoms with Gasteiger partial charge in [0.25, 0.3) is 5.56 Å². The van der Waals surface area contributed by atoms with Crippen LogP contribution in [0.1, 0.15) is 42.6 Å². The third-order valence-corrected chi connectivity index (χ3v) is 4.74. The van der Waals surface area contributed by atoms with E-state index in [1.54, 1.807) is 6.07 Å². The minimum atomic E-state index is -0.129. The fourth-order valence-electron chi connectivity index (χ4n) is 3.32. The van der Waals surface area contributed by atoms with Gasteiger partial charge in [-0.3, -0.25) is 4.79 Å². The highest BCUT2D eigenvalue weighted by Gasteiger charge is 2.18. The summed E-state index contributed by atoms with van der Waals surface area (Å²) in [6.45, 7) is 3.17. The van der Waals surface area contributed by atoms with Crippen molar-refractivity contribution in [2.75, 3.05) is 6.61 Å². The predicted octanol–water partition coefficient (Wildman–Crippen LogP) is 5.00. The van der Waals surface area contributed by atoms with Crippen LogP contribution >= 0.6 is 0 Å². The summed E-state index contributed by atoms with van der Waals surface area (Å²) in [6, 6.07) is 25.7. The van der Waals surface area contributed by atoms with Crippen LogP contribution in [0.3, 0.4) is 0 Å². The second-order valence-corrected chi connectivity index (χ2v) is 6.76. The van der Waals surface area contributed by atoms with E-state index in [1.807, 2.05) is 47.0 Å². The smallest absolute Gasteiger partial charge is 0.251 e. The molecule has 0 bridgehead atoms. The molecular formula is C24H27NO2. The molecule has 1 heterocycles. The van der Waals surface area contributed by atoms with Crippen LogP contribution in [-0.4, -0.2) is 11.2 Å². The van der Waals surface area contributed by atoms with E-state index < -0.39 is 0 Å². The first-order valence-corrected chi connectivity index (χ1v) is 9.66. The first-order chi connectivity index (χ1) is 13.3. The molecule has 0 amide bonds. The molecule has 0 saturated heterocycles. The molecule has 1 unspecified atom stereocenters. The predicted molar refractivity (Wildman–Crippen MR) is 110 cm³/mol. The molecule has 3 nitrogen and oxygen atoms in total. The number of pyridine rings is 1. The van der Waals surface area contributed by atoms with E-state index in [4.69, 9.17) is 4.74 Å². The van der Waals surface area contributed by atoms with Crippen LogP contribution in [0.5, 0.6) is 0 Å². The number of hydrogen-bond acceptors (Lipinski definition) is 2. The molecule has 0 aliphatic heterocycles. The Hall–Kier alpha value is -2.65. The normalized spacial score (nSPS) is 12.0. The Balaban J connectivity index is 1.88. The molecule has 0 fully saturated rings. The van der Waals surface area contributed by atoms with Crippen molar-refractivity contribution < 1.29 is 4.74 Å². The van der Waals surface area contributed by atoms with Gasteiger partial charge in [-0.2, -0.15) is 0 Å². The van der Waals surface area contributed by atoms with Gasteiger partial charge in [0.05, 0.1) is 19.3 Å². The zero-order valence-electron chi connectivity index (χ0n) is 15.9. The molecule has 1 atom stereocenters. The van der Waals surface area contributed by atoms with Crippen LogP contribution in [0, 0.1) is 0 Å². The molecule has 140 valence electrons. The van der Waals surface area contributed by atoms with Crippen molar-refractivity contribution in [3.05, 3.63) is 106 Å². The van der Waals surface area contributed by atoms with Crippen molar-refractivity contribution in [2.24, 2.45) is 0 Å². The number of nitrogens with zero attached hydrogens (tertiary/aromatic N) is 1. The summed E-state index contributed by atoms with van der Waals surface area (Å²) in [5, 5.41) is 0. The minimum Gasteiger partial charge on any atom is -0.374 e. The Labute approximate surface area is 161 Å². The molecule has 3 rings (SSSR count). The van der Waals surface area contributed by atoms with E-state index in [0.29, 0.717) is 13.2 Å². The molecule has 1 aromatic heterocycles. The van der Waals surface area contributed by atoms with Crippen molar-refractivity contribution in [2.45, 2.75) is 38.8 Å². The molecule has 27 heavy (non-hydrogen) atoms. The standard InChI is InChI=1S/C24H27NO2/c1-2-3-15-22-16-10-17-24(26)25(22)23(21-13-8-5-9-14-21)19-27-18-20-11-6-4-7-12-20/h4-14,16-17,23H,2-3,15,18-19H2,1H3. The summed E-state index contributed by atoms with van der Waals surface area (Å²) >= 11 is 0. The molecule has 0 aliphatic rings. The van der Waals surface area contributed by atoms with Gasteiger partial charge < -0.3 is 9.30 Å². The fourth-order valence-corrected chi connectivity index (χ4v) is 3.32. The highest BCUT2D eigenvalue weighted by atomic mass is 16.5. The maximum absolute atomic E-state index is 12.8. The lowest BCUT2D eigenvalue weighted by atomic mass is 10.1. The summed E-state index contributed by atoms with van der Waals surface area (Å²) in [4.78, 5) is 12.8. The van der Waals surface area contributed by atoms with Gasteiger partial charge in [0.2, 0.25) is 0 Å². The molecule has 0 radical (unpaired) electrons. The van der Waals surface area contributed by atoms with E-state index in [-0.39, 0.29) is 11.6 Å². The van der Waals surface area contributed by atoms with Crippen LogP contribution < -0.4 is 5.56 Å².